The number of hydrogen-bond donors (Lipinski definition) is 0. The van der Waals surface area contributed by atoms with E-state index in [1.165, 1.54) is 20.3 Å². The van der Waals surface area contributed by atoms with Crippen LogP contribution in [-0.4, -0.2) is 84.9 Å². The van der Waals surface area contributed by atoms with E-state index in [9.17, 15) is 9.59 Å². The van der Waals surface area contributed by atoms with Crippen molar-refractivity contribution in [3.05, 3.63) is 71.5 Å². The highest BCUT2D eigenvalue weighted by molar-refractivity contribution is 6.70. The number of para-hydroxylation sites is 1. The molecule has 2 aromatic carbocycles. The first-order valence-electron chi connectivity index (χ1n) is 16.0. The normalized spacial score (nSPS) is 14.2. The molecule has 2 aromatic rings. The Morgan fingerprint density at radius 3 is 1.84 bits per heavy atom. The summed E-state index contributed by atoms with van der Waals surface area (Å²) in [6.45, 7) is 19.9. The zero-order valence-corrected chi connectivity index (χ0v) is 34.6. The molecule has 49 heavy (non-hydrogen) atoms. The van der Waals surface area contributed by atoms with E-state index < -0.39 is 34.1 Å². The summed E-state index contributed by atoms with van der Waals surface area (Å²) in [5.41, 5.74) is -0.0263. The molecule has 0 spiro atoms. The summed E-state index contributed by atoms with van der Waals surface area (Å²) in [6.07, 6.45) is 2.49. The Balaban J connectivity index is 0.000000624. The predicted molar refractivity (Wildman–Crippen MR) is 199 cm³/mol. The van der Waals surface area contributed by atoms with Crippen molar-refractivity contribution in [3.63, 3.8) is 0 Å². The van der Waals surface area contributed by atoms with E-state index in [2.05, 4.69) is 29.9 Å². The molecule has 2 rings (SSSR count). The number of benzene rings is 2. The van der Waals surface area contributed by atoms with Crippen molar-refractivity contribution < 1.29 is 46.9 Å². The van der Waals surface area contributed by atoms with Gasteiger partial charge in [0.05, 0.1) is 40.1 Å². The van der Waals surface area contributed by atoms with Crippen molar-refractivity contribution in [2.75, 3.05) is 28.4 Å². The quantitative estimate of drug-likeness (QED) is 0.0570. The minimum absolute atomic E-state index is 0.00976. The monoisotopic (exact) mass is 731 g/mol. The van der Waals surface area contributed by atoms with Gasteiger partial charge in [0.25, 0.3) is 0 Å². The van der Waals surface area contributed by atoms with Crippen LogP contribution in [0.4, 0.5) is 0 Å². The van der Waals surface area contributed by atoms with E-state index in [1.54, 1.807) is 32.4 Å². The predicted octanol–water partition coefficient (Wildman–Crippen LogP) is 7.41. The van der Waals surface area contributed by atoms with Crippen LogP contribution in [0.3, 0.4) is 0 Å². The zero-order valence-electron chi connectivity index (χ0n) is 31.6. The van der Waals surface area contributed by atoms with Crippen LogP contribution in [0.15, 0.2) is 60.4 Å². The number of methoxy groups -OCH3 is 4. The third-order valence-corrected chi connectivity index (χ3v) is 8.76. The number of hydrogen-bond acceptors (Lipinski definition) is 10. The summed E-state index contributed by atoms with van der Waals surface area (Å²) in [4.78, 5) is 24.7. The van der Waals surface area contributed by atoms with Crippen molar-refractivity contribution in [2.45, 2.75) is 84.6 Å². The lowest BCUT2D eigenvalue weighted by Gasteiger charge is -2.45. The molecule has 0 aliphatic heterocycles. The molecule has 0 amide bonds. The third-order valence-electron chi connectivity index (χ3n) is 6.19. The van der Waals surface area contributed by atoms with Gasteiger partial charge in [-0.25, -0.2) is 9.59 Å². The molecule has 0 aliphatic carbocycles. The largest absolute Gasteiger partial charge is 0.497 e. The molecule has 0 N–H and O–H groups in total. The Kier molecular flexibility index (Phi) is 17.6. The first kappa shape index (κ1) is 43.7. The van der Waals surface area contributed by atoms with Crippen molar-refractivity contribution in [3.8, 4) is 11.5 Å². The molecule has 0 aliphatic rings. The van der Waals surface area contributed by atoms with Crippen LogP contribution in [0, 0.1) is 5.92 Å². The topological polar surface area (TPSA) is 108 Å². The highest BCUT2D eigenvalue weighted by atomic mass is 28.4. The van der Waals surface area contributed by atoms with Gasteiger partial charge in [-0.2, -0.15) is 0 Å². The summed E-state index contributed by atoms with van der Waals surface area (Å²) in [5.74, 6) is 0.311. The fourth-order valence-corrected chi connectivity index (χ4v) is 8.16. The Morgan fingerprint density at radius 2 is 1.39 bits per heavy atom. The standard InChI is InChI=1S/C23H39O7Si3.C13H16O3/c1-16(2)21(29-32(6,7)8)23(31,30-33(9,10)11)28-22(24)20(27-5)19(26-4)17-14-12-13-15-18(17)25-3;1-10(2)16-13(14)9-6-11-4-7-12(15-3)8-5-11/h12-16,21H,1-11H3;4-10H,1-3H3. The third kappa shape index (κ3) is 15.4. The van der Waals surface area contributed by atoms with Crippen LogP contribution in [-0.2, 0) is 37.4 Å². The maximum Gasteiger partial charge on any atom is 0.379 e. The number of ether oxygens (including phenoxy) is 6. The fourth-order valence-electron chi connectivity index (χ4n) is 4.39. The highest BCUT2D eigenvalue weighted by Crippen LogP contribution is 2.33. The van der Waals surface area contributed by atoms with Crippen LogP contribution < -0.4 is 9.47 Å². The second-order valence-electron chi connectivity index (χ2n) is 13.5. The van der Waals surface area contributed by atoms with E-state index in [0.717, 1.165) is 11.3 Å². The molecule has 10 nitrogen and oxygen atoms in total. The maximum atomic E-state index is 13.5. The average molecular weight is 732 g/mol. The van der Waals surface area contributed by atoms with Crippen molar-refractivity contribution in [1.82, 2.24) is 0 Å². The second-order valence-corrected chi connectivity index (χ2v) is 23.1. The summed E-state index contributed by atoms with van der Waals surface area (Å²) in [5, 5.41) is 0. The fraction of sp³-hybridized carbons (Fsp3) is 0.500. The number of esters is 2. The van der Waals surface area contributed by atoms with Gasteiger partial charge in [-0.1, -0.05) is 38.1 Å². The number of carbonyl (C=O) groups is 2. The molecule has 3 radical (unpaired) electrons. The summed E-state index contributed by atoms with van der Waals surface area (Å²) in [7, 11) is 5.47. The molecular weight excluding hydrogens is 677 g/mol. The van der Waals surface area contributed by atoms with Gasteiger partial charge in [0.15, 0.2) is 22.4 Å². The van der Waals surface area contributed by atoms with Crippen LogP contribution in [0.25, 0.3) is 11.8 Å². The molecule has 0 saturated heterocycles. The molecule has 0 saturated carbocycles. The van der Waals surface area contributed by atoms with E-state index >= 15 is 0 Å². The van der Waals surface area contributed by atoms with E-state index in [-0.39, 0.29) is 29.5 Å². The highest BCUT2D eigenvalue weighted by Gasteiger charge is 2.47. The Labute approximate surface area is 298 Å². The van der Waals surface area contributed by atoms with Gasteiger partial charge in [0, 0.05) is 6.08 Å². The van der Waals surface area contributed by atoms with Gasteiger partial charge in [0.1, 0.15) is 27.8 Å². The van der Waals surface area contributed by atoms with Gasteiger partial charge in [-0.15, -0.1) is 0 Å². The van der Waals surface area contributed by atoms with Crippen molar-refractivity contribution in [1.29, 1.82) is 0 Å². The Hall–Kier alpha value is -3.37. The molecule has 13 heteroatoms. The van der Waals surface area contributed by atoms with Crippen molar-refractivity contribution in [2.24, 2.45) is 5.92 Å². The average Bonchev–Trinajstić information content (AvgIpc) is 3.00. The molecule has 0 aromatic heterocycles. The Bertz CT molecular complexity index is 1390. The lowest BCUT2D eigenvalue weighted by atomic mass is 10.1. The van der Waals surface area contributed by atoms with E-state index in [0.29, 0.717) is 11.3 Å². The minimum Gasteiger partial charge on any atom is -0.497 e. The van der Waals surface area contributed by atoms with E-state index in [1.807, 2.05) is 83.7 Å². The van der Waals surface area contributed by atoms with Crippen LogP contribution >= 0.6 is 0 Å². The molecule has 271 valence electrons. The summed E-state index contributed by atoms with van der Waals surface area (Å²) < 4.78 is 45.3. The van der Waals surface area contributed by atoms with Gasteiger partial charge in [-0.3, -0.25) is 0 Å². The lowest BCUT2D eigenvalue weighted by molar-refractivity contribution is -0.200. The van der Waals surface area contributed by atoms with Gasteiger partial charge in [-0.05, 0) is 95.0 Å². The molecule has 0 fully saturated rings. The maximum absolute atomic E-state index is 13.5. The minimum atomic E-state index is -2.20. The van der Waals surface area contributed by atoms with Gasteiger partial charge < -0.3 is 37.3 Å². The molecule has 2 unspecified atom stereocenters. The zero-order chi connectivity index (χ0) is 37.6. The summed E-state index contributed by atoms with van der Waals surface area (Å²) >= 11 is 0. The van der Waals surface area contributed by atoms with Gasteiger partial charge in [0.2, 0.25) is 11.2 Å². The second kappa shape index (κ2) is 19.7. The summed E-state index contributed by atoms with van der Waals surface area (Å²) in [6, 6.07) is 14.6. The SMILES string of the molecule is COC(C(=O)OC([Si])(O[Si](C)(C)C)C(O[Si](C)(C)C)C(C)C)=C(OC)c1ccccc1OC.COc1ccc(C=CC(=O)OC(C)C)cc1. The van der Waals surface area contributed by atoms with E-state index in [4.69, 9.17) is 37.3 Å². The first-order valence-corrected chi connectivity index (χ1v) is 23.4. The number of rotatable bonds is 16. The molecular formula is C36H55O10Si3. The van der Waals surface area contributed by atoms with Crippen molar-refractivity contribution >= 4 is 50.7 Å². The van der Waals surface area contributed by atoms with Crippen LogP contribution in [0.2, 0.25) is 39.3 Å². The molecule has 0 bridgehead atoms. The van der Waals surface area contributed by atoms with Crippen LogP contribution in [0.5, 0.6) is 11.5 Å². The first-order chi connectivity index (χ1) is 22.7. The molecule has 0 heterocycles. The molecule has 2 atom stereocenters. The smallest absolute Gasteiger partial charge is 0.379 e. The Morgan fingerprint density at radius 1 is 0.796 bits per heavy atom. The number of carbonyl (C=O) groups excluding carboxylic acids is 2. The lowest BCUT2D eigenvalue weighted by Crippen LogP contribution is -2.59. The van der Waals surface area contributed by atoms with Crippen LogP contribution in [0.1, 0.15) is 38.8 Å². The van der Waals surface area contributed by atoms with Gasteiger partial charge >= 0.3 is 11.9 Å².